The third kappa shape index (κ3) is 2.57. The highest BCUT2D eigenvalue weighted by molar-refractivity contribution is 5.97. The Labute approximate surface area is 129 Å². The standard InChI is InChI=1S/C16H11FN2O4/c17-9-4-5-11-10(6-9)18-15(23-11)8-22-13-3-1-2-12-16(13)19-14(20)7-21-12/h1-6H,7-8H2,(H,19,20). The molecule has 1 aliphatic heterocycles. The molecule has 23 heavy (non-hydrogen) atoms. The Bertz CT molecular complexity index is 906. The van der Waals surface area contributed by atoms with Crippen molar-refractivity contribution in [2.24, 2.45) is 0 Å². The molecule has 116 valence electrons. The summed E-state index contributed by atoms with van der Waals surface area (Å²) in [6, 6.07) is 9.31. The maximum atomic E-state index is 13.2. The van der Waals surface area contributed by atoms with Gasteiger partial charge in [-0.05, 0) is 24.3 Å². The molecular formula is C16H11FN2O4. The summed E-state index contributed by atoms with van der Waals surface area (Å²) in [5.41, 5.74) is 1.39. The molecule has 1 amide bonds. The Balaban J connectivity index is 1.57. The van der Waals surface area contributed by atoms with Gasteiger partial charge in [0, 0.05) is 6.07 Å². The Kier molecular flexibility index (Phi) is 3.11. The summed E-state index contributed by atoms with van der Waals surface area (Å²) >= 11 is 0. The second-order valence-electron chi connectivity index (χ2n) is 4.97. The van der Waals surface area contributed by atoms with Crippen molar-refractivity contribution in [3.8, 4) is 11.5 Å². The molecule has 1 N–H and O–H groups in total. The summed E-state index contributed by atoms with van der Waals surface area (Å²) < 4.78 is 29.6. The number of para-hydroxylation sites is 1. The van der Waals surface area contributed by atoms with E-state index in [1.54, 1.807) is 18.2 Å². The quantitative estimate of drug-likeness (QED) is 0.804. The number of hydrogen-bond donors (Lipinski definition) is 1. The van der Waals surface area contributed by atoms with E-state index in [1.807, 2.05) is 0 Å². The first-order chi connectivity index (χ1) is 11.2. The van der Waals surface area contributed by atoms with Crippen molar-refractivity contribution in [1.82, 2.24) is 4.98 Å². The molecule has 0 saturated heterocycles. The van der Waals surface area contributed by atoms with Gasteiger partial charge in [0.15, 0.2) is 18.8 Å². The van der Waals surface area contributed by atoms with Gasteiger partial charge in [0.05, 0.1) is 0 Å². The van der Waals surface area contributed by atoms with Crippen molar-refractivity contribution < 1.29 is 23.1 Å². The summed E-state index contributed by atoms with van der Waals surface area (Å²) in [5.74, 6) is 0.679. The number of benzene rings is 2. The molecule has 6 nitrogen and oxygen atoms in total. The molecule has 0 radical (unpaired) electrons. The minimum atomic E-state index is -0.379. The Morgan fingerprint density at radius 3 is 3.13 bits per heavy atom. The lowest BCUT2D eigenvalue weighted by Crippen LogP contribution is -2.25. The average Bonchev–Trinajstić information content (AvgIpc) is 2.94. The minimum Gasteiger partial charge on any atom is -0.482 e. The van der Waals surface area contributed by atoms with Gasteiger partial charge in [-0.2, -0.15) is 0 Å². The average molecular weight is 314 g/mol. The van der Waals surface area contributed by atoms with Crippen molar-refractivity contribution in [3.05, 3.63) is 48.1 Å². The fraction of sp³-hybridized carbons (Fsp3) is 0.125. The number of amides is 1. The second-order valence-corrected chi connectivity index (χ2v) is 4.97. The number of fused-ring (bicyclic) bond motifs is 2. The number of rotatable bonds is 3. The first kappa shape index (κ1) is 13.6. The highest BCUT2D eigenvalue weighted by atomic mass is 19.1. The number of aromatic nitrogens is 1. The number of nitrogens with zero attached hydrogens (tertiary/aromatic N) is 1. The lowest BCUT2D eigenvalue weighted by Gasteiger charge is -2.20. The first-order valence-electron chi connectivity index (χ1n) is 6.92. The number of nitrogens with one attached hydrogen (secondary N) is 1. The predicted molar refractivity (Wildman–Crippen MR) is 78.9 cm³/mol. The van der Waals surface area contributed by atoms with Crippen molar-refractivity contribution in [1.29, 1.82) is 0 Å². The third-order valence-electron chi connectivity index (χ3n) is 3.36. The van der Waals surface area contributed by atoms with Crippen LogP contribution >= 0.6 is 0 Å². The van der Waals surface area contributed by atoms with Crippen LogP contribution < -0.4 is 14.8 Å². The fourth-order valence-corrected chi connectivity index (χ4v) is 2.34. The summed E-state index contributed by atoms with van der Waals surface area (Å²) in [4.78, 5) is 15.6. The van der Waals surface area contributed by atoms with Gasteiger partial charge in [-0.25, -0.2) is 9.37 Å². The fourth-order valence-electron chi connectivity index (χ4n) is 2.34. The lowest BCUT2D eigenvalue weighted by molar-refractivity contribution is -0.118. The largest absolute Gasteiger partial charge is 0.482 e. The number of oxazole rings is 1. The van der Waals surface area contributed by atoms with Crippen LogP contribution in [0.1, 0.15) is 5.89 Å². The molecule has 0 bridgehead atoms. The van der Waals surface area contributed by atoms with Gasteiger partial charge >= 0.3 is 0 Å². The van der Waals surface area contributed by atoms with Gasteiger partial charge in [-0.3, -0.25) is 4.79 Å². The molecular weight excluding hydrogens is 303 g/mol. The Hall–Kier alpha value is -3.09. The Morgan fingerprint density at radius 1 is 1.30 bits per heavy atom. The van der Waals surface area contributed by atoms with Crippen LogP contribution in [0.4, 0.5) is 10.1 Å². The molecule has 1 aromatic heterocycles. The minimum absolute atomic E-state index is 0.0207. The number of anilines is 1. The zero-order chi connectivity index (χ0) is 15.8. The maximum Gasteiger partial charge on any atom is 0.262 e. The van der Waals surface area contributed by atoms with Crippen molar-refractivity contribution in [3.63, 3.8) is 0 Å². The predicted octanol–water partition coefficient (Wildman–Crippen LogP) is 2.88. The van der Waals surface area contributed by atoms with Crippen LogP contribution in [-0.4, -0.2) is 17.5 Å². The van der Waals surface area contributed by atoms with Gasteiger partial charge in [-0.15, -0.1) is 0 Å². The molecule has 0 saturated carbocycles. The SMILES string of the molecule is O=C1COc2cccc(OCc3nc4cc(F)ccc4o3)c2N1. The van der Waals surface area contributed by atoms with Crippen LogP contribution in [-0.2, 0) is 11.4 Å². The number of carbonyl (C=O) groups is 1. The maximum absolute atomic E-state index is 13.2. The smallest absolute Gasteiger partial charge is 0.262 e. The monoisotopic (exact) mass is 314 g/mol. The topological polar surface area (TPSA) is 73.6 Å². The molecule has 0 atom stereocenters. The van der Waals surface area contributed by atoms with Crippen LogP contribution in [0.15, 0.2) is 40.8 Å². The van der Waals surface area contributed by atoms with Gasteiger partial charge in [0.2, 0.25) is 5.89 Å². The summed E-state index contributed by atoms with van der Waals surface area (Å²) in [6.45, 7) is 0.0236. The van der Waals surface area contributed by atoms with Crippen LogP contribution in [0.2, 0.25) is 0 Å². The highest BCUT2D eigenvalue weighted by Gasteiger charge is 2.20. The number of hydrogen-bond acceptors (Lipinski definition) is 5. The van der Waals surface area contributed by atoms with Gasteiger partial charge in [0.25, 0.3) is 5.91 Å². The van der Waals surface area contributed by atoms with Crippen LogP contribution in [0, 0.1) is 5.82 Å². The highest BCUT2D eigenvalue weighted by Crippen LogP contribution is 2.36. The van der Waals surface area contributed by atoms with Gasteiger partial charge in [0.1, 0.15) is 28.5 Å². The molecule has 3 aromatic rings. The molecule has 4 rings (SSSR count). The second kappa shape index (κ2) is 5.28. The number of carbonyl (C=O) groups excluding carboxylic acids is 1. The zero-order valence-corrected chi connectivity index (χ0v) is 11.8. The van der Waals surface area contributed by atoms with Crippen LogP contribution in [0.3, 0.4) is 0 Å². The zero-order valence-electron chi connectivity index (χ0n) is 11.8. The molecule has 2 heterocycles. The molecule has 0 aliphatic carbocycles. The van der Waals surface area contributed by atoms with Gasteiger partial charge in [-0.1, -0.05) is 6.07 Å². The third-order valence-corrected chi connectivity index (χ3v) is 3.36. The van der Waals surface area contributed by atoms with Crippen molar-refractivity contribution in [2.75, 3.05) is 11.9 Å². The van der Waals surface area contributed by atoms with Crippen LogP contribution in [0.25, 0.3) is 11.1 Å². The molecule has 2 aromatic carbocycles. The normalized spacial score (nSPS) is 13.3. The van der Waals surface area contributed by atoms with E-state index < -0.39 is 0 Å². The summed E-state index contributed by atoms with van der Waals surface area (Å²) in [5, 5.41) is 2.71. The van der Waals surface area contributed by atoms with E-state index in [1.165, 1.54) is 18.2 Å². The molecule has 0 spiro atoms. The van der Waals surface area contributed by atoms with E-state index in [-0.39, 0.29) is 24.9 Å². The van der Waals surface area contributed by atoms with E-state index >= 15 is 0 Å². The van der Waals surface area contributed by atoms with E-state index in [0.717, 1.165) is 0 Å². The van der Waals surface area contributed by atoms with Crippen molar-refractivity contribution in [2.45, 2.75) is 6.61 Å². The molecule has 1 aliphatic rings. The number of halogens is 1. The Morgan fingerprint density at radius 2 is 2.22 bits per heavy atom. The van der Waals surface area contributed by atoms with Crippen molar-refractivity contribution >= 4 is 22.7 Å². The van der Waals surface area contributed by atoms with Crippen LogP contribution in [0.5, 0.6) is 11.5 Å². The summed E-state index contributed by atoms with van der Waals surface area (Å²) in [7, 11) is 0. The van der Waals surface area contributed by atoms with E-state index in [2.05, 4.69) is 10.3 Å². The van der Waals surface area contributed by atoms with E-state index in [0.29, 0.717) is 34.2 Å². The summed E-state index contributed by atoms with van der Waals surface area (Å²) in [6.07, 6.45) is 0. The molecule has 0 fully saturated rings. The molecule has 0 unspecified atom stereocenters. The first-order valence-corrected chi connectivity index (χ1v) is 6.92. The lowest BCUT2D eigenvalue weighted by atomic mass is 10.2. The van der Waals surface area contributed by atoms with E-state index in [9.17, 15) is 9.18 Å². The van der Waals surface area contributed by atoms with E-state index in [4.69, 9.17) is 13.9 Å². The molecule has 7 heteroatoms. The number of ether oxygens (including phenoxy) is 2. The van der Waals surface area contributed by atoms with Gasteiger partial charge < -0.3 is 19.2 Å².